The summed E-state index contributed by atoms with van der Waals surface area (Å²) in [7, 11) is 1.66. The summed E-state index contributed by atoms with van der Waals surface area (Å²) >= 11 is 1.38. The Morgan fingerprint density at radius 1 is 1.21 bits per heavy atom. The van der Waals surface area contributed by atoms with Crippen LogP contribution in [0, 0.1) is 13.8 Å². The summed E-state index contributed by atoms with van der Waals surface area (Å²) in [4.78, 5) is 16.7. The SMILES string of the molecule is COc1ccc(-n2c(C)cc(-c3csc(NC(=O)c4ccco4)n3)c2C)cc1. The van der Waals surface area contributed by atoms with Crippen molar-refractivity contribution in [2.24, 2.45) is 0 Å². The zero-order chi connectivity index (χ0) is 19.7. The maximum atomic E-state index is 12.1. The third-order valence-electron chi connectivity index (χ3n) is 4.51. The summed E-state index contributed by atoms with van der Waals surface area (Å²) in [6.07, 6.45) is 1.47. The van der Waals surface area contributed by atoms with Gasteiger partial charge in [0.15, 0.2) is 10.9 Å². The number of methoxy groups -OCH3 is 1. The average molecular weight is 393 g/mol. The standard InChI is InChI=1S/C21H19N3O3S/c1-13-11-17(14(2)24(13)15-6-8-16(26-3)9-7-15)18-12-28-21(22-18)23-20(25)19-5-4-10-27-19/h4-12H,1-3H3,(H,22,23,25). The molecule has 0 radical (unpaired) electrons. The highest BCUT2D eigenvalue weighted by Gasteiger charge is 2.16. The first-order chi connectivity index (χ1) is 13.6. The van der Waals surface area contributed by atoms with Crippen molar-refractivity contribution in [3.63, 3.8) is 0 Å². The van der Waals surface area contributed by atoms with Crippen LogP contribution < -0.4 is 10.1 Å². The van der Waals surface area contributed by atoms with Crippen LogP contribution in [-0.2, 0) is 0 Å². The third-order valence-corrected chi connectivity index (χ3v) is 5.27. The molecule has 1 aromatic carbocycles. The normalized spacial score (nSPS) is 10.8. The summed E-state index contributed by atoms with van der Waals surface area (Å²) < 4.78 is 12.5. The zero-order valence-corrected chi connectivity index (χ0v) is 16.5. The Kier molecular flexibility index (Phi) is 4.75. The summed E-state index contributed by atoms with van der Waals surface area (Å²) in [6.45, 7) is 4.12. The number of aryl methyl sites for hydroxylation is 1. The molecule has 6 nitrogen and oxygen atoms in total. The lowest BCUT2D eigenvalue weighted by atomic mass is 10.2. The molecule has 142 valence electrons. The van der Waals surface area contributed by atoms with Crippen molar-refractivity contribution in [1.82, 2.24) is 9.55 Å². The molecule has 0 bridgehead atoms. The number of rotatable bonds is 5. The monoisotopic (exact) mass is 393 g/mol. The van der Waals surface area contributed by atoms with E-state index in [0.29, 0.717) is 5.13 Å². The fourth-order valence-electron chi connectivity index (χ4n) is 3.17. The number of benzene rings is 1. The fourth-order valence-corrected chi connectivity index (χ4v) is 3.88. The van der Waals surface area contributed by atoms with Gasteiger partial charge in [-0.2, -0.15) is 0 Å². The van der Waals surface area contributed by atoms with Gasteiger partial charge in [0, 0.05) is 28.0 Å². The first kappa shape index (κ1) is 18.1. The zero-order valence-electron chi connectivity index (χ0n) is 15.7. The first-order valence-corrected chi connectivity index (χ1v) is 9.59. The van der Waals surface area contributed by atoms with Gasteiger partial charge < -0.3 is 13.7 Å². The smallest absolute Gasteiger partial charge is 0.293 e. The number of hydrogen-bond donors (Lipinski definition) is 1. The second-order valence-corrected chi connectivity index (χ2v) is 7.15. The average Bonchev–Trinajstić information content (AvgIpc) is 3.43. The number of nitrogens with one attached hydrogen (secondary N) is 1. The van der Waals surface area contributed by atoms with Gasteiger partial charge in [-0.15, -0.1) is 11.3 Å². The van der Waals surface area contributed by atoms with E-state index in [1.54, 1.807) is 19.2 Å². The molecule has 7 heteroatoms. The summed E-state index contributed by atoms with van der Waals surface area (Å²) in [6, 6.07) is 13.3. The molecule has 0 aliphatic carbocycles. The van der Waals surface area contributed by atoms with Gasteiger partial charge in [-0.3, -0.25) is 10.1 Å². The van der Waals surface area contributed by atoms with Crippen molar-refractivity contribution in [3.05, 3.63) is 71.3 Å². The van der Waals surface area contributed by atoms with Crippen molar-refractivity contribution >= 4 is 22.4 Å². The largest absolute Gasteiger partial charge is 0.497 e. The van der Waals surface area contributed by atoms with Gasteiger partial charge in [0.25, 0.3) is 5.91 Å². The lowest BCUT2D eigenvalue weighted by Gasteiger charge is -2.10. The molecule has 1 N–H and O–H groups in total. The molecule has 0 saturated heterocycles. The van der Waals surface area contributed by atoms with Crippen molar-refractivity contribution in [1.29, 1.82) is 0 Å². The van der Waals surface area contributed by atoms with Gasteiger partial charge in [-0.1, -0.05) is 0 Å². The predicted octanol–water partition coefficient (Wildman–Crippen LogP) is 5.07. The number of nitrogens with zero attached hydrogens (tertiary/aromatic N) is 2. The molecule has 0 unspecified atom stereocenters. The predicted molar refractivity (Wildman–Crippen MR) is 110 cm³/mol. The summed E-state index contributed by atoms with van der Waals surface area (Å²) in [5.74, 6) is 0.770. The maximum absolute atomic E-state index is 12.1. The van der Waals surface area contributed by atoms with Gasteiger partial charge in [0.1, 0.15) is 5.75 Å². The minimum Gasteiger partial charge on any atom is -0.497 e. The van der Waals surface area contributed by atoms with E-state index in [4.69, 9.17) is 9.15 Å². The highest BCUT2D eigenvalue weighted by atomic mass is 32.1. The molecule has 0 aliphatic rings. The van der Waals surface area contributed by atoms with E-state index in [9.17, 15) is 4.79 Å². The van der Waals surface area contributed by atoms with Crippen molar-refractivity contribution in [2.75, 3.05) is 12.4 Å². The second kappa shape index (κ2) is 7.36. The van der Waals surface area contributed by atoms with Gasteiger partial charge in [0.2, 0.25) is 0 Å². The number of amides is 1. The topological polar surface area (TPSA) is 69.3 Å². The van der Waals surface area contributed by atoms with E-state index in [1.807, 2.05) is 29.6 Å². The van der Waals surface area contributed by atoms with Crippen molar-refractivity contribution in [3.8, 4) is 22.7 Å². The van der Waals surface area contributed by atoms with Crippen LogP contribution in [-0.4, -0.2) is 22.6 Å². The Hall–Kier alpha value is -3.32. The van der Waals surface area contributed by atoms with E-state index in [0.717, 1.165) is 34.1 Å². The van der Waals surface area contributed by atoms with Crippen LogP contribution in [0.1, 0.15) is 21.9 Å². The highest BCUT2D eigenvalue weighted by Crippen LogP contribution is 2.32. The summed E-state index contributed by atoms with van der Waals surface area (Å²) in [5.41, 5.74) is 5.10. The van der Waals surface area contributed by atoms with Crippen molar-refractivity contribution in [2.45, 2.75) is 13.8 Å². The molecule has 1 amide bonds. The van der Waals surface area contributed by atoms with Gasteiger partial charge in [-0.05, 0) is 56.3 Å². The molecular weight excluding hydrogens is 374 g/mol. The van der Waals surface area contributed by atoms with Crippen LogP contribution in [0.3, 0.4) is 0 Å². The van der Waals surface area contributed by atoms with Gasteiger partial charge >= 0.3 is 0 Å². The van der Waals surface area contributed by atoms with Gasteiger partial charge in [-0.25, -0.2) is 4.98 Å². The second-order valence-electron chi connectivity index (χ2n) is 6.29. The lowest BCUT2D eigenvalue weighted by Crippen LogP contribution is -2.10. The quantitative estimate of drug-likeness (QED) is 0.514. The Morgan fingerprint density at radius 3 is 2.68 bits per heavy atom. The van der Waals surface area contributed by atoms with E-state index in [1.165, 1.54) is 17.6 Å². The molecule has 3 heterocycles. The maximum Gasteiger partial charge on any atom is 0.293 e. The minimum absolute atomic E-state index is 0.259. The molecule has 4 rings (SSSR count). The number of carbonyl (C=O) groups excluding carboxylic acids is 1. The number of carbonyl (C=O) groups is 1. The lowest BCUT2D eigenvalue weighted by molar-refractivity contribution is 0.0996. The summed E-state index contributed by atoms with van der Waals surface area (Å²) in [5, 5.41) is 5.25. The number of ether oxygens (including phenoxy) is 1. The Labute approximate surface area is 166 Å². The Bertz CT molecular complexity index is 1110. The molecule has 4 aromatic rings. The van der Waals surface area contributed by atoms with Crippen LogP contribution in [0.25, 0.3) is 16.9 Å². The third kappa shape index (κ3) is 3.32. The molecule has 0 atom stereocenters. The molecule has 3 aromatic heterocycles. The Balaban J connectivity index is 1.62. The Morgan fingerprint density at radius 2 is 2.00 bits per heavy atom. The minimum atomic E-state index is -0.311. The number of furan rings is 1. The molecule has 0 fully saturated rings. The molecule has 0 aliphatic heterocycles. The highest BCUT2D eigenvalue weighted by molar-refractivity contribution is 7.14. The fraction of sp³-hybridized carbons (Fsp3) is 0.143. The van der Waals surface area contributed by atoms with E-state index >= 15 is 0 Å². The molecule has 0 spiro atoms. The van der Waals surface area contributed by atoms with Crippen LogP contribution >= 0.6 is 11.3 Å². The van der Waals surface area contributed by atoms with Gasteiger partial charge in [0.05, 0.1) is 19.1 Å². The number of hydrogen-bond acceptors (Lipinski definition) is 5. The van der Waals surface area contributed by atoms with Crippen LogP contribution in [0.5, 0.6) is 5.75 Å². The number of thiazole rings is 1. The molecular formula is C21H19N3O3S. The van der Waals surface area contributed by atoms with Crippen molar-refractivity contribution < 1.29 is 13.9 Å². The van der Waals surface area contributed by atoms with Crippen LogP contribution in [0.2, 0.25) is 0 Å². The van der Waals surface area contributed by atoms with Crippen LogP contribution in [0.15, 0.2) is 58.5 Å². The van der Waals surface area contributed by atoms with Crippen LogP contribution in [0.4, 0.5) is 5.13 Å². The van der Waals surface area contributed by atoms with E-state index in [2.05, 4.69) is 34.8 Å². The number of anilines is 1. The first-order valence-electron chi connectivity index (χ1n) is 8.71. The molecule has 28 heavy (non-hydrogen) atoms. The van der Waals surface area contributed by atoms with E-state index < -0.39 is 0 Å². The van der Waals surface area contributed by atoms with E-state index in [-0.39, 0.29) is 11.7 Å². The molecule has 0 saturated carbocycles. The number of aromatic nitrogens is 2.